The smallest absolute Gasteiger partial charge is 0.335 e. The van der Waals surface area contributed by atoms with E-state index < -0.39 is 5.97 Å². The third kappa shape index (κ3) is 4.09. The molecule has 2 N–H and O–H groups in total. The van der Waals surface area contributed by atoms with Crippen molar-refractivity contribution in [1.29, 1.82) is 0 Å². The molecule has 1 aromatic heterocycles. The van der Waals surface area contributed by atoms with Crippen molar-refractivity contribution in [3.8, 4) is 10.6 Å². The maximum absolute atomic E-state index is 12.5. The average molecular weight is 387 g/mol. The van der Waals surface area contributed by atoms with E-state index in [9.17, 15) is 9.59 Å². The number of benzene rings is 2. The largest absolute Gasteiger partial charge is 0.478 e. The molecular formula is C19H15ClN2O3S. The van der Waals surface area contributed by atoms with E-state index >= 15 is 0 Å². The Morgan fingerprint density at radius 1 is 1.12 bits per heavy atom. The van der Waals surface area contributed by atoms with E-state index in [1.807, 2.05) is 12.1 Å². The first-order valence-electron chi connectivity index (χ1n) is 7.78. The number of nitrogens with zero attached hydrogens (tertiary/aromatic N) is 1. The van der Waals surface area contributed by atoms with E-state index in [1.54, 1.807) is 31.2 Å². The van der Waals surface area contributed by atoms with Gasteiger partial charge in [0, 0.05) is 17.1 Å². The Balaban J connectivity index is 1.70. The Bertz CT molecular complexity index is 950. The molecule has 0 atom stereocenters. The number of aromatic carboxylic acids is 1. The van der Waals surface area contributed by atoms with Crippen LogP contribution in [0.15, 0.2) is 48.5 Å². The fraction of sp³-hybridized carbons (Fsp3) is 0.105. The number of rotatable bonds is 5. The van der Waals surface area contributed by atoms with Crippen molar-refractivity contribution >= 4 is 34.8 Å². The summed E-state index contributed by atoms with van der Waals surface area (Å²) in [5, 5.41) is 13.1. The zero-order chi connectivity index (χ0) is 18.7. The highest BCUT2D eigenvalue weighted by atomic mass is 35.5. The van der Waals surface area contributed by atoms with E-state index in [4.69, 9.17) is 16.7 Å². The summed E-state index contributed by atoms with van der Waals surface area (Å²) < 4.78 is 0. The van der Waals surface area contributed by atoms with Gasteiger partial charge in [0.25, 0.3) is 5.91 Å². The predicted molar refractivity (Wildman–Crippen MR) is 102 cm³/mol. The van der Waals surface area contributed by atoms with Crippen LogP contribution >= 0.6 is 22.9 Å². The summed E-state index contributed by atoms with van der Waals surface area (Å²) in [6.45, 7) is 2.11. The number of carbonyl (C=O) groups is 2. The van der Waals surface area contributed by atoms with Gasteiger partial charge < -0.3 is 10.4 Å². The predicted octanol–water partition coefficient (Wildman–Crippen LogP) is 4.40. The standard InChI is InChI=1S/C19H15ClN2O3S/c1-11-16(26-18(22-11)13-6-8-15(20)9-7-13)17(23)21-10-12-2-4-14(5-3-12)19(24)25/h2-9H,10H2,1H3,(H,21,23)(H,24,25). The first kappa shape index (κ1) is 18.1. The molecule has 0 fully saturated rings. The monoisotopic (exact) mass is 386 g/mol. The molecule has 0 unspecified atom stereocenters. The maximum Gasteiger partial charge on any atom is 0.335 e. The second-order valence-corrected chi connectivity index (χ2v) is 7.06. The van der Waals surface area contributed by atoms with Crippen molar-refractivity contribution in [1.82, 2.24) is 10.3 Å². The number of nitrogens with one attached hydrogen (secondary N) is 1. The summed E-state index contributed by atoms with van der Waals surface area (Å²) in [5.41, 5.74) is 2.61. The van der Waals surface area contributed by atoms with Gasteiger partial charge in [0.1, 0.15) is 9.88 Å². The minimum Gasteiger partial charge on any atom is -0.478 e. The highest BCUT2D eigenvalue weighted by molar-refractivity contribution is 7.17. The summed E-state index contributed by atoms with van der Waals surface area (Å²) in [4.78, 5) is 28.3. The summed E-state index contributed by atoms with van der Waals surface area (Å²) in [5.74, 6) is -1.18. The summed E-state index contributed by atoms with van der Waals surface area (Å²) in [7, 11) is 0. The summed E-state index contributed by atoms with van der Waals surface area (Å²) in [6, 6.07) is 13.7. The number of thiazole rings is 1. The Morgan fingerprint density at radius 2 is 1.77 bits per heavy atom. The number of hydrogen-bond acceptors (Lipinski definition) is 4. The third-order valence-corrected chi connectivity index (χ3v) is 5.21. The minimum absolute atomic E-state index is 0.206. The van der Waals surface area contributed by atoms with Gasteiger partial charge in [0.15, 0.2) is 0 Å². The zero-order valence-electron chi connectivity index (χ0n) is 13.8. The summed E-state index contributed by atoms with van der Waals surface area (Å²) in [6.07, 6.45) is 0. The topological polar surface area (TPSA) is 79.3 Å². The second-order valence-electron chi connectivity index (χ2n) is 5.63. The highest BCUT2D eigenvalue weighted by Gasteiger charge is 2.16. The molecule has 3 rings (SSSR count). The van der Waals surface area contributed by atoms with E-state index in [0.717, 1.165) is 16.1 Å². The van der Waals surface area contributed by atoms with Gasteiger partial charge in [-0.25, -0.2) is 9.78 Å². The van der Waals surface area contributed by atoms with Crippen LogP contribution in [-0.4, -0.2) is 22.0 Å². The molecule has 0 radical (unpaired) electrons. The number of aryl methyl sites for hydroxylation is 1. The molecule has 1 amide bonds. The van der Waals surface area contributed by atoms with Crippen LogP contribution in [-0.2, 0) is 6.54 Å². The third-order valence-electron chi connectivity index (χ3n) is 3.75. The molecule has 132 valence electrons. The Morgan fingerprint density at radius 3 is 2.38 bits per heavy atom. The van der Waals surface area contributed by atoms with E-state index in [-0.39, 0.29) is 11.5 Å². The second kappa shape index (κ2) is 7.68. The molecule has 0 saturated heterocycles. The van der Waals surface area contributed by atoms with Gasteiger partial charge >= 0.3 is 5.97 Å². The van der Waals surface area contributed by atoms with Gasteiger partial charge in [-0.05, 0) is 36.8 Å². The van der Waals surface area contributed by atoms with Crippen molar-refractivity contribution in [2.24, 2.45) is 0 Å². The molecule has 1 heterocycles. The van der Waals surface area contributed by atoms with Crippen molar-refractivity contribution in [2.45, 2.75) is 13.5 Å². The molecule has 0 aliphatic carbocycles. The lowest BCUT2D eigenvalue weighted by Crippen LogP contribution is -2.22. The van der Waals surface area contributed by atoms with E-state index in [2.05, 4.69) is 10.3 Å². The van der Waals surface area contributed by atoms with Crippen LogP contribution in [0, 0.1) is 6.92 Å². The normalized spacial score (nSPS) is 10.5. The number of carboxylic acids is 1. The van der Waals surface area contributed by atoms with Crippen LogP contribution in [0.3, 0.4) is 0 Å². The van der Waals surface area contributed by atoms with Crippen LogP contribution in [0.5, 0.6) is 0 Å². The molecule has 0 bridgehead atoms. The van der Waals surface area contributed by atoms with Crippen molar-refractivity contribution < 1.29 is 14.7 Å². The quantitative estimate of drug-likeness (QED) is 0.681. The van der Waals surface area contributed by atoms with Crippen molar-refractivity contribution in [3.63, 3.8) is 0 Å². The average Bonchev–Trinajstić information content (AvgIpc) is 3.02. The van der Waals surface area contributed by atoms with Crippen LogP contribution in [0.1, 0.15) is 31.3 Å². The molecule has 5 nitrogen and oxygen atoms in total. The number of aromatic nitrogens is 1. The van der Waals surface area contributed by atoms with Gasteiger partial charge in [0.2, 0.25) is 0 Å². The SMILES string of the molecule is Cc1nc(-c2ccc(Cl)cc2)sc1C(=O)NCc1ccc(C(=O)O)cc1. The fourth-order valence-corrected chi connectivity index (χ4v) is 3.46. The Kier molecular flexibility index (Phi) is 5.35. The number of carboxylic acid groups (broad SMARTS) is 1. The number of halogens is 1. The Hall–Kier alpha value is -2.70. The van der Waals surface area contributed by atoms with Gasteiger partial charge in [-0.3, -0.25) is 4.79 Å². The maximum atomic E-state index is 12.5. The van der Waals surface area contributed by atoms with Crippen molar-refractivity contribution in [2.75, 3.05) is 0 Å². The zero-order valence-corrected chi connectivity index (χ0v) is 15.4. The van der Waals surface area contributed by atoms with E-state index in [0.29, 0.717) is 22.1 Å². The molecule has 26 heavy (non-hydrogen) atoms. The van der Waals surface area contributed by atoms with Gasteiger partial charge in [0.05, 0.1) is 11.3 Å². The molecule has 0 aliphatic rings. The minimum atomic E-state index is -0.976. The number of hydrogen-bond donors (Lipinski definition) is 2. The molecule has 0 spiro atoms. The lowest BCUT2D eigenvalue weighted by atomic mass is 10.1. The van der Waals surface area contributed by atoms with E-state index in [1.165, 1.54) is 23.5 Å². The van der Waals surface area contributed by atoms with Crippen LogP contribution in [0.2, 0.25) is 5.02 Å². The van der Waals surface area contributed by atoms with Crippen LogP contribution in [0.4, 0.5) is 0 Å². The van der Waals surface area contributed by atoms with Gasteiger partial charge in [-0.2, -0.15) is 0 Å². The van der Waals surface area contributed by atoms with Gasteiger partial charge in [-0.15, -0.1) is 11.3 Å². The number of carbonyl (C=O) groups excluding carboxylic acids is 1. The molecule has 0 aliphatic heterocycles. The van der Waals surface area contributed by atoms with Crippen LogP contribution in [0.25, 0.3) is 10.6 Å². The molecular weight excluding hydrogens is 372 g/mol. The lowest BCUT2D eigenvalue weighted by molar-refractivity contribution is 0.0696. The number of amides is 1. The molecule has 0 saturated carbocycles. The van der Waals surface area contributed by atoms with Gasteiger partial charge in [-0.1, -0.05) is 35.9 Å². The first-order valence-corrected chi connectivity index (χ1v) is 8.97. The molecule has 7 heteroatoms. The first-order chi connectivity index (χ1) is 12.4. The lowest BCUT2D eigenvalue weighted by Gasteiger charge is -2.04. The molecule has 2 aromatic carbocycles. The van der Waals surface area contributed by atoms with Crippen LogP contribution < -0.4 is 5.32 Å². The summed E-state index contributed by atoms with van der Waals surface area (Å²) >= 11 is 7.22. The fourth-order valence-electron chi connectivity index (χ4n) is 2.35. The van der Waals surface area contributed by atoms with Crippen molar-refractivity contribution in [3.05, 3.63) is 75.3 Å². The Labute approximate surface area is 159 Å². The highest BCUT2D eigenvalue weighted by Crippen LogP contribution is 2.28. The molecule has 3 aromatic rings.